The highest BCUT2D eigenvalue weighted by Gasteiger charge is 2.56. The number of ether oxygens (including phenoxy) is 2. The monoisotopic (exact) mass is 610 g/mol. The molecular weight excluding hydrogens is 572 g/mol. The third-order valence-corrected chi connectivity index (χ3v) is 8.88. The SMILES string of the molecule is CCCCN(CCCC)c1nc2c(c(-c3ccc(Cl)cc3)n1)C1(OC(=O)c3ccccc31)c1ccc(N(CC)CC)cc1O2. The van der Waals surface area contributed by atoms with E-state index in [2.05, 4.69) is 43.6 Å². The number of esters is 1. The van der Waals surface area contributed by atoms with E-state index in [1.165, 1.54) is 0 Å². The van der Waals surface area contributed by atoms with E-state index >= 15 is 0 Å². The van der Waals surface area contributed by atoms with Crippen LogP contribution in [0.25, 0.3) is 11.3 Å². The molecule has 7 nitrogen and oxygen atoms in total. The lowest BCUT2D eigenvalue weighted by Crippen LogP contribution is -2.36. The number of rotatable bonds is 11. The molecule has 4 aromatic rings. The number of aromatic nitrogens is 2. The maximum atomic E-state index is 13.6. The largest absolute Gasteiger partial charge is 0.440 e. The van der Waals surface area contributed by atoms with Gasteiger partial charge >= 0.3 is 5.97 Å². The molecule has 0 N–H and O–H groups in total. The fourth-order valence-corrected chi connectivity index (χ4v) is 6.43. The molecule has 44 heavy (non-hydrogen) atoms. The van der Waals surface area contributed by atoms with E-state index in [4.69, 9.17) is 31.0 Å². The van der Waals surface area contributed by atoms with Gasteiger partial charge in [0.1, 0.15) is 5.75 Å². The minimum Gasteiger partial charge on any atom is -0.440 e. The van der Waals surface area contributed by atoms with Gasteiger partial charge in [0.25, 0.3) is 0 Å². The molecule has 0 aliphatic carbocycles. The molecule has 3 heterocycles. The third kappa shape index (κ3) is 5.07. The Labute approximate surface area is 264 Å². The van der Waals surface area contributed by atoms with E-state index < -0.39 is 5.60 Å². The van der Waals surface area contributed by atoms with Crippen molar-refractivity contribution in [3.8, 4) is 22.9 Å². The summed E-state index contributed by atoms with van der Waals surface area (Å²) in [5, 5.41) is 0.627. The van der Waals surface area contributed by atoms with E-state index in [1.807, 2.05) is 60.7 Å². The van der Waals surface area contributed by atoms with Gasteiger partial charge in [-0.15, -0.1) is 0 Å². The highest BCUT2D eigenvalue weighted by atomic mass is 35.5. The maximum Gasteiger partial charge on any atom is 0.340 e. The number of anilines is 2. The highest BCUT2D eigenvalue weighted by molar-refractivity contribution is 6.30. The molecule has 2 aliphatic heterocycles. The molecule has 3 aromatic carbocycles. The number of nitrogens with zero attached hydrogens (tertiary/aromatic N) is 4. The Balaban J connectivity index is 1.66. The minimum absolute atomic E-state index is 0.383. The molecule has 1 atom stereocenters. The molecule has 1 aromatic heterocycles. The second-order valence-corrected chi connectivity index (χ2v) is 11.8. The molecule has 1 spiro atoms. The van der Waals surface area contributed by atoms with Gasteiger partial charge in [-0.25, -0.2) is 9.78 Å². The first-order chi connectivity index (χ1) is 21.4. The molecule has 8 heteroatoms. The van der Waals surface area contributed by atoms with Crippen LogP contribution in [-0.4, -0.2) is 42.1 Å². The van der Waals surface area contributed by atoms with Crippen LogP contribution in [0.2, 0.25) is 5.02 Å². The van der Waals surface area contributed by atoms with Crippen molar-refractivity contribution in [3.63, 3.8) is 0 Å². The molecule has 6 rings (SSSR count). The first-order valence-corrected chi connectivity index (χ1v) is 16.2. The topological polar surface area (TPSA) is 67.8 Å². The smallest absolute Gasteiger partial charge is 0.340 e. The first kappa shape index (κ1) is 29.9. The van der Waals surface area contributed by atoms with Crippen molar-refractivity contribution in [1.29, 1.82) is 0 Å². The van der Waals surface area contributed by atoms with Gasteiger partial charge in [-0.05, 0) is 57.0 Å². The number of hydrogen-bond acceptors (Lipinski definition) is 7. The normalized spacial score (nSPS) is 16.2. The summed E-state index contributed by atoms with van der Waals surface area (Å²) in [6.07, 6.45) is 4.16. The third-order valence-electron chi connectivity index (χ3n) is 8.63. The summed E-state index contributed by atoms with van der Waals surface area (Å²) < 4.78 is 13.3. The molecule has 0 saturated heterocycles. The van der Waals surface area contributed by atoms with Gasteiger partial charge in [-0.1, -0.05) is 68.6 Å². The lowest BCUT2D eigenvalue weighted by atomic mass is 9.77. The summed E-state index contributed by atoms with van der Waals surface area (Å²) in [6, 6.07) is 21.3. The van der Waals surface area contributed by atoms with E-state index in [1.54, 1.807) is 0 Å². The Morgan fingerprint density at radius 3 is 2.20 bits per heavy atom. The Morgan fingerprint density at radius 1 is 0.818 bits per heavy atom. The minimum atomic E-state index is -1.29. The molecule has 228 valence electrons. The predicted molar refractivity (Wildman–Crippen MR) is 176 cm³/mol. The summed E-state index contributed by atoms with van der Waals surface area (Å²) in [5.41, 5.74) is 3.89. The Hall–Kier alpha value is -4.10. The molecule has 0 amide bonds. The lowest BCUT2D eigenvalue weighted by Gasteiger charge is -2.38. The second-order valence-electron chi connectivity index (χ2n) is 11.3. The number of carbonyl (C=O) groups is 1. The van der Waals surface area contributed by atoms with Crippen molar-refractivity contribution in [3.05, 3.63) is 94.0 Å². The van der Waals surface area contributed by atoms with Gasteiger partial charge < -0.3 is 19.3 Å². The summed E-state index contributed by atoms with van der Waals surface area (Å²) in [4.78, 5) is 28.5. The quantitative estimate of drug-likeness (QED) is 0.157. The van der Waals surface area contributed by atoms with Crippen molar-refractivity contribution in [2.45, 2.75) is 59.0 Å². The number of unbranched alkanes of at least 4 members (excludes halogenated alkanes) is 2. The van der Waals surface area contributed by atoms with Crippen LogP contribution in [0.1, 0.15) is 80.4 Å². The van der Waals surface area contributed by atoms with Crippen molar-refractivity contribution in [2.24, 2.45) is 0 Å². The maximum absolute atomic E-state index is 13.6. The van der Waals surface area contributed by atoms with Crippen LogP contribution < -0.4 is 14.5 Å². The highest BCUT2D eigenvalue weighted by Crippen LogP contribution is 2.58. The van der Waals surface area contributed by atoms with Gasteiger partial charge in [-0.2, -0.15) is 4.98 Å². The van der Waals surface area contributed by atoms with E-state index in [-0.39, 0.29) is 5.97 Å². The van der Waals surface area contributed by atoms with Crippen LogP contribution in [0.5, 0.6) is 11.6 Å². The van der Waals surface area contributed by atoms with E-state index in [0.29, 0.717) is 39.4 Å². The molecule has 0 saturated carbocycles. The summed E-state index contributed by atoms with van der Waals surface area (Å²) in [7, 11) is 0. The molecule has 0 fully saturated rings. The first-order valence-electron chi connectivity index (χ1n) is 15.8. The molecule has 1 unspecified atom stereocenters. The van der Waals surface area contributed by atoms with Crippen LogP contribution in [0.15, 0.2) is 66.7 Å². The van der Waals surface area contributed by atoms with Crippen LogP contribution >= 0.6 is 11.6 Å². The van der Waals surface area contributed by atoms with E-state index in [0.717, 1.165) is 74.2 Å². The molecule has 2 aliphatic rings. The van der Waals surface area contributed by atoms with Crippen molar-refractivity contribution < 1.29 is 14.3 Å². The molecular formula is C36H39ClN4O3. The zero-order chi connectivity index (χ0) is 30.8. The number of benzene rings is 3. The lowest BCUT2D eigenvalue weighted by molar-refractivity contribution is 0.0222. The van der Waals surface area contributed by atoms with Gasteiger partial charge in [0.05, 0.1) is 16.8 Å². The van der Waals surface area contributed by atoms with Gasteiger partial charge in [0.15, 0.2) is 5.60 Å². The Morgan fingerprint density at radius 2 is 1.52 bits per heavy atom. The Kier molecular flexibility index (Phi) is 8.50. The van der Waals surface area contributed by atoms with Crippen molar-refractivity contribution >= 4 is 29.2 Å². The Bertz CT molecular complexity index is 1660. The zero-order valence-corrected chi connectivity index (χ0v) is 26.7. The zero-order valence-electron chi connectivity index (χ0n) is 25.9. The van der Waals surface area contributed by atoms with Gasteiger partial charge in [0.2, 0.25) is 11.8 Å². The van der Waals surface area contributed by atoms with Crippen LogP contribution in [0.3, 0.4) is 0 Å². The number of carbonyl (C=O) groups excluding carboxylic acids is 1. The molecule has 0 bridgehead atoms. The number of halogens is 1. The predicted octanol–water partition coefficient (Wildman–Crippen LogP) is 8.62. The van der Waals surface area contributed by atoms with Crippen molar-refractivity contribution in [2.75, 3.05) is 36.0 Å². The average Bonchev–Trinajstić information content (AvgIpc) is 3.33. The molecule has 0 radical (unpaired) electrons. The summed E-state index contributed by atoms with van der Waals surface area (Å²) in [5.74, 6) is 1.23. The fraction of sp³-hybridized carbons (Fsp3) is 0.361. The van der Waals surface area contributed by atoms with Gasteiger partial charge in [0, 0.05) is 59.6 Å². The fourth-order valence-electron chi connectivity index (χ4n) is 6.30. The summed E-state index contributed by atoms with van der Waals surface area (Å²) in [6.45, 7) is 12.0. The van der Waals surface area contributed by atoms with E-state index in [9.17, 15) is 4.79 Å². The van der Waals surface area contributed by atoms with Crippen LogP contribution in [0, 0.1) is 0 Å². The summed E-state index contributed by atoms with van der Waals surface area (Å²) >= 11 is 6.34. The standard InChI is InChI=1S/C36H39ClN4O3/c1-5-9-21-41(22-10-6-2)35-38-32(24-15-17-25(37)18-16-24)31-33(39-35)43-30-23-26(40(7-3)8-4)19-20-29(30)36(31)28-14-12-11-13-27(28)34(42)44-36/h11-20,23H,5-10,21-22H2,1-4H3. The van der Waals surface area contributed by atoms with Crippen LogP contribution in [-0.2, 0) is 10.3 Å². The number of fused-ring (bicyclic) bond motifs is 6. The van der Waals surface area contributed by atoms with Gasteiger partial charge in [-0.3, -0.25) is 0 Å². The average molecular weight is 611 g/mol. The van der Waals surface area contributed by atoms with Crippen LogP contribution in [0.4, 0.5) is 11.6 Å². The number of hydrogen-bond donors (Lipinski definition) is 0. The van der Waals surface area contributed by atoms with Crippen molar-refractivity contribution in [1.82, 2.24) is 9.97 Å². The second kappa shape index (κ2) is 12.5.